The van der Waals surface area contributed by atoms with Crippen molar-refractivity contribution in [2.75, 3.05) is 13.1 Å². The molecule has 3 rings (SSSR count). The number of H-pyrrole nitrogens is 1. The van der Waals surface area contributed by atoms with Gasteiger partial charge in [0.2, 0.25) is 5.82 Å². The fourth-order valence-corrected chi connectivity index (χ4v) is 2.74. The Kier molecular flexibility index (Phi) is 3.94. The topological polar surface area (TPSA) is 77.9 Å². The molecule has 2 heterocycles. The molecule has 0 amide bonds. The Bertz CT molecular complexity index is 601. The molecule has 2 N–H and O–H groups in total. The summed E-state index contributed by atoms with van der Waals surface area (Å²) in [7, 11) is 0. The van der Waals surface area contributed by atoms with E-state index in [-0.39, 0.29) is 17.8 Å². The average Bonchev–Trinajstić information content (AvgIpc) is 3.12. The Morgan fingerprint density at radius 2 is 2.38 bits per heavy atom. The number of tetrazole rings is 1. The first-order chi connectivity index (χ1) is 10.1. The molecule has 0 bridgehead atoms. The van der Waals surface area contributed by atoms with Gasteiger partial charge in [-0.1, -0.05) is 12.1 Å². The fraction of sp³-hybridized carbons (Fsp3) is 0.500. The molecule has 2 atom stereocenters. The molecule has 0 radical (unpaired) electrons. The van der Waals surface area contributed by atoms with Gasteiger partial charge in [0, 0.05) is 24.2 Å². The normalized spacial score (nSPS) is 20.8. The third-order valence-electron chi connectivity index (χ3n) is 4.04. The number of aromatic amines is 1. The highest BCUT2D eigenvalue weighted by Gasteiger charge is 2.26. The van der Waals surface area contributed by atoms with Crippen LogP contribution >= 0.6 is 0 Å². The smallest absolute Gasteiger partial charge is 0.204 e. The Morgan fingerprint density at radius 3 is 3.00 bits per heavy atom. The van der Waals surface area contributed by atoms with Gasteiger partial charge in [0.05, 0.1) is 6.10 Å². The highest BCUT2D eigenvalue weighted by atomic mass is 19.1. The summed E-state index contributed by atoms with van der Waals surface area (Å²) in [6, 6.07) is 4.99. The van der Waals surface area contributed by atoms with E-state index in [1.54, 1.807) is 12.1 Å². The molecule has 1 fully saturated rings. The van der Waals surface area contributed by atoms with Crippen LogP contribution in [0, 0.1) is 11.7 Å². The Morgan fingerprint density at radius 1 is 1.52 bits per heavy atom. The van der Waals surface area contributed by atoms with E-state index in [2.05, 4.69) is 25.5 Å². The summed E-state index contributed by atoms with van der Waals surface area (Å²) in [6.45, 7) is 4.07. The average molecular weight is 291 g/mol. The molecule has 21 heavy (non-hydrogen) atoms. The summed E-state index contributed by atoms with van der Waals surface area (Å²) >= 11 is 0. The van der Waals surface area contributed by atoms with Crippen molar-refractivity contribution in [3.05, 3.63) is 29.6 Å². The van der Waals surface area contributed by atoms with Crippen molar-refractivity contribution < 1.29 is 9.50 Å². The van der Waals surface area contributed by atoms with Crippen LogP contribution in [-0.2, 0) is 6.54 Å². The van der Waals surface area contributed by atoms with Crippen LogP contribution in [0.1, 0.15) is 18.9 Å². The summed E-state index contributed by atoms with van der Waals surface area (Å²) < 4.78 is 14.2. The van der Waals surface area contributed by atoms with Crippen LogP contribution in [0.4, 0.5) is 4.39 Å². The number of benzene rings is 1. The molecule has 1 aromatic heterocycles. The molecular formula is C14H18FN5O. The van der Waals surface area contributed by atoms with Crippen molar-refractivity contribution in [3.63, 3.8) is 0 Å². The molecule has 112 valence electrons. The van der Waals surface area contributed by atoms with Gasteiger partial charge in [0.15, 0.2) is 0 Å². The third-order valence-corrected chi connectivity index (χ3v) is 4.04. The molecule has 7 heteroatoms. The molecule has 1 aromatic carbocycles. The minimum Gasteiger partial charge on any atom is -0.393 e. The number of aromatic nitrogens is 4. The van der Waals surface area contributed by atoms with E-state index < -0.39 is 0 Å². The molecule has 1 aliphatic heterocycles. The highest BCUT2D eigenvalue weighted by molar-refractivity contribution is 5.54. The van der Waals surface area contributed by atoms with Crippen LogP contribution in [0.15, 0.2) is 18.2 Å². The highest BCUT2D eigenvalue weighted by Crippen LogP contribution is 2.24. The number of nitrogens with one attached hydrogen (secondary N) is 1. The summed E-state index contributed by atoms with van der Waals surface area (Å²) in [5, 5.41) is 23.1. The lowest BCUT2D eigenvalue weighted by Gasteiger charge is -2.17. The number of aliphatic hydroxyl groups is 1. The first-order valence-electron chi connectivity index (χ1n) is 7.06. The van der Waals surface area contributed by atoms with Gasteiger partial charge in [0.25, 0.3) is 0 Å². The number of halogens is 1. The van der Waals surface area contributed by atoms with Crippen molar-refractivity contribution >= 4 is 0 Å². The maximum absolute atomic E-state index is 14.2. The molecule has 6 nitrogen and oxygen atoms in total. The number of hydrogen-bond donors (Lipinski definition) is 2. The van der Waals surface area contributed by atoms with Crippen molar-refractivity contribution in [2.24, 2.45) is 5.92 Å². The van der Waals surface area contributed by atoms with Gasteiger partial charge in [-0.05, 0) is 37.1 Å². The van der Waals surface area contributed by atoms with Crippen LogP contribution in [0.2, 0.25) is 0 Å². The van der Waals surface area contributed by atoms with Gasteiger partial charge in [-0.25, -0.2) is 4.39 Å². The van der Waals surface area contributed by atoms with Gasteiger partial charge < -0.3 is 5.11 Å². The molecular weight excluding hydrogens is 273 g/mol. The number of hydrogen-bond acceptors (Lipinski definition) is 5. The Balaban J connectivity index is 1.70. The van der Waals surface area contributed by atoms with Crippen molar-refractivity contribution in [1.29, 1.82) is 0 Å². The predicted molar refractivity (Wildman–Crippen MR) is 74.6 cm³/mol. The van der Waals surface area contributed by atoms with Gasteiger partial charge in [0.1, 0.15) is 5.82 Å². The Hall–Kier alpha value is -1.86. The Labute approximate surface area is 122 Å². The number of aliphatic hydroxyl groups excluding tert-OH is 1. The predicted octanol–water partition coefficient (Wildman–Crippen LogP) is 1.21. The SMILES string of the molecule is CC(O)C1CCN(Cc2ccc(-c3nn[nH]n3)cc2F)C1. The standard InChI is InChI=1S/C14H18FN5O/c1-9(21)11-4-5-20(7-11)8-12-3-2-10(6-13(12)15)14-16-18-19-17-14/h2-3,6,9,11,21H,4-5,7-8H2,1H3,(H,16,17,18,19). The lowest BCUT2D eigenvalue weighted by Crippen LogP contribution is -2.24. The summed E-state index contributed by atoms with van der Waals surface area (Å²) in [6.07, 6.45) is 0.653. The molecule has 2 unspecified atom stereocenters. The van der Waals surface area contributed by atoms with E-state index in [0.29, 0.717) is 23.5 Å². The molecule has 0 aliphatic carbocycles. The van der Waals surface area contributed by atoms with Crippen LogP contribution < -0.4 is 0 Å². The minimum absolute atomic E-state index is 0.266. The maximum atomic E-state index is 14.2. The van der Waals surface area contributed by atoms with Crippen LogP contribution in [-0.4, -0.2) is 49.8 Å². The second-order valence-corrected chi connectivity index (χ2v) is 5.57. The zero-order valence-electron chi connectivity index (χ0n) is 11.8. The summed E-state index contributed by atoms with van der Waals surface area (Å²) in [5.41, 5.74) is 1.25. The monoisotopic (exact) mass is 291 g/mol. The van der Waals surface area contributed by atoms with Crippen LogP contribution in [0.25, 0.3) is 11.4 Å². The number of rotatable bonds is 4. The zero-order chi connectivity index (χ0) is 14.8. The fourth-order valence-electron chi connectivity index (χ4n) is 2.74. The van der Waals surface area contributed by atoms with Crippen molar-refractivity contribution in [2.45, 2.75) is 26.0 Å². The summed E-state index contributed by atoms with van der Waals surface area (Å²) in [5.74, 6) is 0.403. The minimum atomic E-state index is -0.305. The van der Waals surface area contributed by atoms with Crippen LogP contribution in [0.3, 0.4) is 0 Å². The van der Waals surface area contributed by atoms with Crippen molar-refractivity contribution in [3.8, 4) is 11.4 Å². The molecule has 2 aromatic rings. The van der Waals surface area contributed by atoms with Gasteiger partial charge in [-0.2, -0.15) is 5.21 Å². The zero-order valence-corrected chi connectivity index (χ0v) is 11.8. The van der Waals surface area contributed by atoms with E-state index >= 15 is 0 Å². The summed E-state index contributed by atoms with van der Waals surface area (Å²) in [4.78, 5) is 2.17. The maximum Gasteiger partial charge on any atom is 0.204 e. The first kappa shape index (κ1) is 14.1. The van der Waals surface area contributed by atoms with Gasteiger partial charge in [-0.15, -0.1) is 10.2 Å². The first-order valence-corrected chi connectivity index (χ1v) is 7.06. The number of likely N-dealkylation sites (tertiary alicyclic amines) is 1. The van der Waals surface area contributed by atoms with E-state index in [0.717, 1.165) is 19.5 Å². The van der Waals surface area contributed by atoms with Crippen molar-refractivity contribution in [1.82, 2.24) is 25.5 Å². The van der Waals surface area contributed by atoms with Crippen LogP contribution in [0.5, 0.6) is 0 Å². The molecule has 1 saturated heterocycles. The lowest BCUT2D eigenvalue weighted by molar-refractivity contribution is 0.127. The number of nitrogens with zero attached hydrogens (tertiary/aromatic N) is 4. The molecule has 0 spiro atoms. The quantitative estimate of drug-likeness (QED) is 0.885. The largest absolute Gasteiger partial charge is 0.393 e. The van der Waals surface area contributed by atoms with Gasteiger partial charge >= 0.3 is 0 Å². The van der Waals surface area contributed by atoms with E-state index in [1.807, 2.05) is 6.92 Å². The molecule has 1 aliphatic rings. The molecule has 0 saturated carbocycles. The third kappa shape index (κ3) is 3.08. The van der Waals surface area contributed by atoms with E-state index in [9.17, 15) is 9.50 Å². The van der Waals surface area contributed by atoms with E-state index in [4.69, 9.17) is 0 Å². The van der Waals surface area contributed by atoms with Gasteiger partial charge in [-0.3, -0.25) is 4.90 Å². The van der Waals surface area contributed by atoms with E-state index in [1.165, 1.54) is 6.07 Å². The second-order valence-electron chi connectivity index (χ2n) is 5.57. The second kappa shape index (κ2) is 5.87. The lowest BCUT2D eigenvalue weighted by atomic mass is 10.0.